The molecule has 0 aromatic heterocycles. The molecule has 0 saturated carbocycles. The van der Waals surface area contributed by atoms with Crippen LogP contribution in [0.4, 0.5) is 13.2 Å². The second-order valence-electron chi connectivity index (χ2n) is 4.41. The average molecular weight is 275 g/mol. The summed E-state index contributed by atoms with van der Waals surface area (Å²) in [6.45, 7) is 3.82. The monoisotopic (exact) mass is 275 g/mol. The number of halogens is 3. The van der Waals surface area contributed by atoms with Gasteiger partial charge < -0.3 is 10.1 Å². The summed E-state index contributed by atoms with van der Waals surface area (Å²) < 4.78 is 40.7. The molecule has 0 amide bonds. The molecular formula is C14H20F3NO. The van der Waals surface area contributed by atoms with Crippen molar-refractivity contribution >= 4 is 0 Å². The third kappa shape index (κ3) is 7.85. The van der Waals surface area contributed by atoms with E-state index in [-0.39, 0.29) is 13.2 Å². The van der Waals surface area contributed by atoms with Crippen molar-refractivity contribution in [2.45, 2.75) is 39.1 Å². The van der Waals surface area contributed by atoms with E-state index in [1.165, 1.54) is 0 Å². The third-order valence-corrected chi connectivity index (χ3v) is 2.58. The summed E-state index contributed by atoms with van der Waals surface area (Å²) in [5, 5.41) is 3.28. The summed E-state index contributed by atoms with van der Waals surface area (Å²) in [4.78, 5) is 0. The van der Waals surface area contributed by atoms with Crippen LogP contribution in [0.5, 0.6) is 0 Å². The van der Waals surface area contributed by atoms with Crippen LogP contribution >= 0.6 is 0 Å². The van der Waals surface area contributed by atoms with Crippen molar-refractivity contribution in [2.24, 2.45) is 0 Å². The van der Waals surface area contributed by atoms with E-state index >= 15 is 0 Å². The zero-order valence-corrected chi connectivity index (χ0v) is 11.1. The molecule has 1 aromatic rings. The predicted molar refractivity (Wildman–Crippen MR) is 68.8 cm³/mol. The van der Waals surface area contributed by atoms with Gasteiger partial charge in [-0.2, -0.15) is 13.2 Å². The molecule has 1 N–H and O–H groups in total. The maximum absolute atomic E-state index is 11.9. The molecule has 0 aliphatic heterocycles. The van der Waals surface area contributed by atoms with Crippen molar-refractivity contribution < 1.29 is 17.9 Å². The molecule has 19 heavy (non-hydrogen) atoms. The Bertz CT molecular complexity index is 349. The van der Waals surface area contributed by atoms with E-state index in [1.54, 1.807) is 0 Å². The lowest BCUT2D eigenvalue weighted by atomic mass is 10.1. The van der Waals surface area contributed by atoms with Crippen molar-refractivity contribution in [3.63, 3.8) is 0 Å². The van der Waals surface area contributed by atoms with Crippen LogP contribution < -0.4 is 5.32 Å². The second-order valence-corrected chi connectivity index (χ2v) is 4.41. The topological polar surface area (TPSA) is 21.3 Å². The normalized spacial score (nSPS) is 11.8. The number of hydrogen-bond acceptors (Lipinski definition) is 2. The zero-order valence-electron chi connectivity index (χ0n) is 11.1. The number of hydrogen-bond donors (Lipinski definition) is 1. The Morgan fingerprint density at radius 2 is 1.74 bits per heavy atom. The van der Waals surface area contributed by atoms with Crippen molar-refractivity contribution in [1.29, 1.82) is 0 Å². The minimum absolute atomic E-state index is 0.221. The van der Waals surface area contributed by atoms with Crippen molar-refractivity contribution in [3.8, 4) is 0 Å². The number of rotatable bonds is 8. The minimum Gasteiger partial charge on any atom is -0.376 e. The van der Waals surface area contributed by atoms with Crippen LogP contribution in [0.3, 0.4) is 0 Å². The first-order valence-electron chi connectivity index (χ1n) is 6.44. The van der Waals surface area contributed by atoms with Crippen LogP contribution in [0.2, 0.25) is 0 Å². The van der Waals surface area contributed by atoms with Gasteiger partial charge in [-0.15, -0.1) is 0 Å². The highest BCUT2D eigenvalue weighted by Crippen LogP contribution is 2.19. The molecule has 5 heteroatoms. The average Bonchev–Trinajstić information content (AvgIpc) is 2.36. The molecule has 0 heterocycles. The predicted octanol–water partition coefficient (Wildman–Crippen LogP) is 3.66. The van der Waals surface area contributed by atoms with Crippen LogP contribution in [0.15, 0.2) is 24.3 Å². The number of ether oxygens (including phenoxy) is 1. The smallest absolute Gasteiger partial charge is 0.376 e. The highest BCUT2D eigenvalue weighted by Gasteiger charge is 2.26. The Labute approximate surface area is 112 Å². The number of nitrogens with one attached hydrogen (secondary N) is 1. The SMILES string of the molecule is CCCNCc1ccc(COCCC(F)(F)F)cc1. The van der Waals surface area contributed by atoms with Gasteiger partial charge in [0.15, 0.2) is 0 Å². The van der Waals surface area contributed by atoms with E-state index in [0.717, 1.165) is 30.6 Å². The van der Waals surface area contributed by atoms with E-state index in [9.17, 15) is 13.2 Å². The van der Waals surface area contributed by atoms with Crippen molar-refractivity contribution in [2.75, 3.05) is 13.2 Å². The van der Waals surface area contributed by atoms with Crippen LogP contribution in [0, 0.1) is 0 Å². The van der Waals surface area contributed by atoms with Crippen LogP contribution in [0.1, 0.15) is 30.9 Å². The molecule has 0 fully saturated rings. The summed E-state index contributed by atoms with van der Waals surface area (Å²) in [7, 11) is 0. The number of benzene rings is 1. The largest absolute Gasteiger partial charge is 0.391 e. The molecule has 0 radical (unpaired) electrons. The van der Waals surface area contributed by atoms with E-state index in [4.69, 9.17) is 4.74 Å². The minimum atomic E-state index is -4.14. The Hall–Kier alpha value is -1.07. The maximum Gasteiger partial charge on any atom is 0.391 e. The Kier molecular flexibility index (Phi) is 6.87. The van der Waals surface area contributed by atoms with Gasteiger partial charge in [-0.05, 0) is 24.1 Å². The van der Waals surface area contributed by atoms with Gasteiger partial charge in [-0.3, -0.25) is 0 Å². The first kappa shape index (κ1) is 16.0. The van der Waals surface area contributed by atoms with Crippen LogP contribution in [0.25, 0.3) is 0 Å². The summed E-state index contributed by atoms with van der Waals surface area (Å²) in [5.41, 5.74) is 2.05. The highest BCUT2D eigenvalue weighted by molar-refractivity contribution is 5.21. The summed E-state index contributed by atoms with van der Waals surface area (Å²) in [6, 6.07) is 7.70. The molecule has 0 aliphatic carbocycles. The molecule has 1 aromatic carbocycles. The van der Waals surface area contributed by atoms with E-state index in [2.05, 4.69) is 12.2 Å². The van der Waals surface area contributed by atoms with Crippen molar-refractivity contribution in [1.82, 2.24) is 5.32 Å². The second kappa shape index (κ2) is 8.17. The summed E-state index contributed by atoms with van der Waals surface area (Å²) >= 11 is 0. The molecule has 0 saturated heterocycles. The molecule has 0 spiro atoms. The van der Waals surface area contributed by atoms with Gasteiger partial charge in [0.05, 0.1) is 19.6 Å². The quantitative estimate of drug-likeness (QED) is 0.731. The molecular weight excluding hydrogens is 255 g/mol. The van der Waals surface area contributed by atoms with Gasteiger partial charge in [-0.1, -0.05) is 31.2 Å². The molecule has 108 valence electrons. The van der Waals surface area contributed by atoms with Gasteiger partial charge in [0, 0.05) is 6.54 Å². The third-order valence-electron chi connectivity index (χ3n) is 2.58. The summed E-state index contributed by atoms with van der Waals surface area (Å²) in [6.07, 6.45) is -3.95. The number of alkyl halides is 3. The van der Waals surface area contributed by atoms with Gasteiger partial charge in [0.25, 0.3) is 0 Å². The molecule has 0 unspecified atom stereocenters. The lowest BCUT2D eigenvalue weighted by Crippen LogP contribution is -2.13. The molecule has 2 nitrogen and oxygen atoms in total. The molecule has 0 atom stereocenters. The fourth-order valence-electron chi connectivity index (χ4n) is 1.54. The highest BCUT2D eigenvalue weighted by atomic mass is 19.4. The van der Waals surface area contributed by atoms with E-state index in [0.29, 0.717) is 0 Å². The Morgan fingerprint density at radius 1 is 1.11 bits per heavy atom. The lowest BCUT2D eigenvalue weighted by Gasteiger charge is -2.08. The Balaban J connectivity index is 2.24. The fourth-order valence-corrected chi connectivity index (χ4v) is 1.54. The lowest BCUT2D eigenvalue weighted by molar-refractivity contribution is -0.146. The van der Waals surface area contributed by atoms with E-state index in [1.807, 2.05) is 24.3 Å². The van der Waals surface area contributed by atoms with Crippen LogP contribution in [-0.4, -0.2) is 19.3 Å². The standard InChI is InChI=1S/C14H20F3NO/c1-2-8-18-10-12-3-5-13(6-4-12)11-19-9-7-14(15,16)17/h3-6,18H,2,7-11H2,1H3. The molecule has 0 aliphatic rings. The molecule has 1 rings (SSSR count). The van der Waals surface area contributed by atoms with Crippen LogP contribution in [-0.2, 0) is 17.9 Å². The Morgan fingerprint density at radius 3 is 2.32 bits per heavy atom. The summed E-state index contributed by atoms with van der Waals surface area (Å²) in [5.74, 6) is 0. The first-order valence-corrected chi connectivity index (χ1v) is 6.44. The fraction of sp³-hybridized carbons (Fsp3) is 0.571. The van der Waals surface area contributed by atoms with Crippen molar-refractivity contribution in [3.05, 3.63) is 35.4 Å². The van der Waals surface area contributed by atoms with Gasteiger partial charge in [0.1, 0.15) is 0 Å². The maximum atomic E-state index is 11.9. The molecule has 0 bridgehead atoms. The van der Waals surface area contributed by atoms with Gasteiger partial charge in [-0.25, -0.2) is 0 Å². The zero-order chi connectivity index (χ0) is 14.1. The first-order chi connectivity index (χ1) is 9.01. The van der Waals surface area contributed by atoms with Gasteiger partial charge >= 0.3 is 6.18 Å². The van der Waals surface area contributed by atoms with E-state index < -0.39 is 12.6 Å². The van der Waals surface area contributed by atoms with Gasteiger partial charge in [0.2, 0.25) is 0 Å².